The van der Waals surface area contributed by atoms with Gasteiger partial charge in [-0.15, -0.1) is 0 Å². The van der Waals surface area contributed by atoms with Crippen LogP contribution < -0.4 is 10.9 Å². The summed E-state index contributed by atoms with van der Waals surface area (Å²) in [5.41, 5.74) is 3.66. The summed E-state index contributed by atoms with van der Waals surface area (Å²) in [7, 11) is 0. The highest BCUT2D eigenvalue weighted by Gasteiger charge is 2.14. The molecule has 0 aliphatic carbocycles. The number of nitrogens with zero attached hydrogens (tertiary/aromatic N) is 2. The van der Waals surface area contributed by atoms with Crippen LogP contribution in [0.2, 0.25) is 0 Å². The van der Waals surface area contributed by atoms with E-state index in [0.717, 1.165) is 27.7 Å². The minimum absolute atomic E-state index is 0.137. The van der Waals surface area contributed by atoms with Gasteiger partial charge in [0, 0.05) is 24.0 Å². The fraction of sp³-hybridized carbons (Fsp3) is 0.182. The van der Waals surface area contributed by atoms with Crippen molar-refractivity contribution in [3.8, 4) is 11.4 Å². The van der Waals surface area contributed by atoms with Gasteiger partial charge in [-0.1, -0.05) is 35.5 Å². The number of aromatic nitrogens is 3. The second kappa shape index (κ2) is 7.71. The number of anilines is 1. The van der Waals surface area contributed by atoms with E-state index in [4.69, 9.17) is 4.52 Å². The number of aryl methyl sites for hydroxylation is 3. The van der Waals surface area contributed by atoms with E-state index >= 15 is 0 Å². The summed E-state index contributed by atoms with van der Waals surface area (Å²) >= 11 is 0. The lowest BCUT2D eigenvalue weighted by atomic mass is 10.1. The van der Waals surface area contributed by atoms with Crippen LogP contribution >= 0.6 is 0 Å². The highest BCUT2D eigenvalue weighted by atomic mass is 16.5. The predicted molar refractivity (Wildman–Crippen MR) is 111 cm³/mol. The number of amides is 1. The number of para-hydroxylation sites is 1. The zero-order valence-corrected chi connectivity index (χ0v) is 16.2. The van der Waals surface area contributed by atoms with Gasteiger partial charge in [-0.05, 0) is 48.6 Å². The largest absolute Gasteiger partial charge is 0.339 e. The molecular weight excluding hydrogens is 368 g/mol. The quantitative estimate of drug-likeness (QED) is 0.542. The maximum atomic E-state index is 12.3. The predicted octanol–water partition coefficient (Wildman–Crippen LogP) is 3.77. The summed E-state index contributed by atoms with van der Waals surface area (Å²) < 4.78 is 5.24. The topological polar surface area (TPSA) is 101 Å². The van der Waals surface area contributed by atoms with Crippen molar-refractivity contribution in [2.45, 2.75) is 26.7 Å². The first-order chi connectivity index (χ1) is 14.0. The van der Waals surface area contributed by atoms with Gasteiger partial charge in [0.1, 0.15) is 0 Å². The Morgan fingerprint density at radius 2 is 1.97 bits per heavy atom. The molecule has 29 heavy (non-hydrogen) atoms. The summed E-state index contributed by atoms with van der Waals surface area (Å²) in [6, 6.07) is 15.1. The van der Waals surface area contributed by atoms with Crippen LogP contribution in [0.1, 0.15) is 23.4 Å². The van der Waals surface area contributed by atoms with Gasteiger partial charge in [-0.3, -0.25) is 9.59 Å². The number of carbonyl (C=O) groups excluding carboxylic acids is 1. The molecule has 7 heteroatoms. The molecule has 0 bridgehead atoms. The molecule has 0 radical (unpaired) electrons. The Bertz CT molecular complexity index is 1260. The van der Waals surface area contributed by atoms with Crippen LogP contribution in [0.15, 0.2) is 57.8 Å². The van der Waals surface area contributed by atoms with Crippen LogP contribution in [0.3, 0.4) is 0 Å². The highest BCUT2D eigenvalue weighted by Crippen LogP contribution is 2.19. The third-order valence-electron chi connectivity index (χ3n) is 4.70. The summed E-state index contributed by atoms with van der Waals surface area (Å²) in [6.45, 7) is 3.92. The lowest BCUT2D eigenvalue weighted by molar-refractivity contribution is -0.116. The first-order valence-electron chi connectivity index (χ1n) is 9.32. The van der Waals surface area contributed by atoms with Crippen molar-refractivity contribution < 1.29 is 9.32 Å². The fourth-order valence-electron chi connectivity index (χ4n) is 3.08. The van der Waals surface area contributed by atoms with E-state index in [-0.39, 0.29) is 30.1 Å². The van der Waals surface area contributed by atoms with Gasteiger partial charge in [0.05, 0.1) is 5.56 Å². The zero-order valence-electron chi connectivity index (χ0n) is 16.2. The number of pyridine rings is 1. The molecule has 0 unspecified atom stereocenters. The number of H-pyrrole nitrogens is 1. The Labute approximate surface area is 166 Å². The molecule has 2 aromatic heterocycles. The molecule has 4 rings (SSSR count). The lowest BCUT2D eigenvalue weighted by Gasteiger charge is -2.08. The molecule has 0 spiro atoms. The van der Waals surface area contributed by atoms with Crippen molar-refractivity contribution in [3.05, 3.63) is 75.9 Å². The minimum atomic E-state index is -0.288. The van der Waals surface area contributed by atoms with Gasteiger partial charge in [0.15, 0.2) is 0 Å². The van der Waals surface area contributed by atoms with Gasteiger partial charge >= 0.3 is 0 Å². The Kier molecular flexibility index (Phi) is 4.95. The normalized spacial score (nSPS) is 11.0. The van der Waals surface area contributed by atoms with Crippen molar-refractivity contribution in [2.75, 3.05) is 5.32 Å². The van der Waals surface area contributed by atoms with E-state index in [1.807, 2.05) is 56.3 Å². The van der Waals surface area contributed by atoms with E-state index in [1.54, 1.807) is 6.07 Å². The third kappa shape index (κ3) is 4.08. The van der Waals surface area contributed by atoms with Gasteiger partial charge in [0.2, 0.25) is 17.6 Å². The van der Waals surface area contributed by atoms with Crippen LogP contribution in [0, 0.1) is 13.8 Å². The molecule has 146 valence electrons. The van der Waals surface area contributed by atoms with E-state index < -0.39 is 0 Å². The molecule has 0 atom stereocenters. The molecule has 7 nitrogen and oxygen atoms in total. The number of hydrogen-bond acceptors (Lipinski definition) is 5. The molecule has 4 aromatic rings. The summed E-state index contributed by atoms with van der Waals surface area (Å²) in [6.07, 6.45) is 0.484. The minimum Gasteiger partial charge on any atom is -0.339 e. The Balaban J connectivity index is 1.46. The summed E-state index contributed by atoms with van der Waals surface area (Å²) in [5, 5.41) is 7.69. The Morgan fingerprint density at radius 3 is 2.83 bits per heavy atom. The summed E-state index contributed by atoms with van der Waals surface area (Å²) in [4.78, 5) is 31.7. The third-order valence-corrected chi connectivity index (χ3v) is 4.70. The first-order valence-corrected chi connectivity index (χ1v) is 9.32. The first kappa shape index (κ1) is 18.6. The van der Waals surface area contributed by atoms with Crippen molar-refractivity contribution in [1.82, 2.24) is 15.1 Å². The molecule has 2 heterocycles. The molecule has 2 aromatic carbocycles. The molecule has 0 saturated heterocycles. The Morgan fingerprint density at radius 1 is 1.14 bits per heavy atom. The van der Waals surface area contributed by atoms with Crippen LogP contribution in [0.25, 0.3) is 22.3 Å². The number of carbonyl (C=O) groups is 1. The molecule has 1 amide bonds. The smallest absolute Gasteiger partial charge is 0.259 e. The van der Waals surface area contributed by atoms with Gasteiger partial charge in [-0.2, -0.15) is 4.98 Å². The monoisotopic (exact) mass is 388 g/mol. The van der Waals surface area contributed by atoms with Crippen LogP contribution in [0.4, 0.5) is 5.69 Å². The number of rotatable bonds is 5. The number of nitrogens with one attached hydrogen (secondary N) is 2. The number of fused-ring (bicyclic) bond motifs is 1. The van der Waals surface area contributed by atoms with Gasteiger partial charge in [0.25, 0.3) is 5.56 Å². The number of aromatic amines is 1. The second-order valence-electron chi connectivity index (χ2n) is 6.98. The lowest BCUT2D eigenvalue weighted by Crippen LogP contribution is -2.13. The molecule has 0 aliphatic heterocycles. The van der Waals surface area contributed by atoms with E-state index in [1.165, 1.54) is 0 Å². The molecule has 0 fully saturated rings. The van der Waals surface area contributed by atoms with Crippen molar-refractivity contribution in [3.63, 3.8) is 0 Å². The van der Waals surface area contributed by atoms with E-state index in [0.29, 0.717) is 11.5 Å². The highest BCUT2D eigenvalue weighted by molar-refractivity contribution is 5.91. The standard InChI is InChI=1S/C22H20N4O3/c1-13-7-8-14(2)18(11-13)23-19(27)9-10-20-25-21(26-29-20)16-12-15-5-3-4-6-17(15)24-22(16)28/h3-8,11-12H,9-10H2,1-2H3,(H,23,27)(H,24,28). The number of benzene rings is 2. The number of hydrogen-bond donors (Lipinski definition) is 2. The van der Waals surface area contributed by atoms with Gasteiger partial charge in [-0.25, -0.2) is 0 Å². The average Bonchev–Trinajstić information content (AvgIpc) is 3.17. The van der Waals surface area contributed by atoms with E-state index in [2.05, 4.69) is 20.4 Å². The van der Waals surface area contributed by atoms with Crippen LogP contribution in [0.5, 0.6) is 0 Å². The van der Waals surface area contributed by atoms with Crippen LogP contribution in [-0.4, -0.2) is 21.0 Å². The fourth-order valence-corrected chi connectivity index (χ4v) is 3.08. The Hall–Kier alpha value is -3.74. The van der Waals surface area contributed by atoms with E-state index in [9.17, 15) is 9.59 Å². The molecule has 2 N–H and O–H groups in total. The molecule has 0 saturated carbocycles. The van der Waals surface area contributed by atoms with Crippen molar-refractivity contribution in [1.29, 1.82) is 0 Å². The maximum absolute atomic E-state index is 12.3. The summed E-state index contributed by atoms with van der Waals surface area (Å²) in [5.74, 6) is 0.382. The second-order valence-corrected chi connectivity index (χ2v) is 6.98. The zero-order chi connectivity index (χ0) is 20.4. The van der Waals surface area contributed by atoms with Crippen molar-refractivity contribution >= 4 is 22.5 Å². The van der Waals surface area contributed by atoms with Crippen LogP contribution in [-0.2, 0) is 11.2 Å². The average molecular weight is 388 g/mol. The van der Waals surface area contributed by atoms with Gasteiger partial charge < -0.3 is 14.8 Å². The molecule has 0 aliphatic rings. The molecular formula is C22H20N4O3. The van der Waals surface area contributed by atoms with Crippen molar-refractivity contribution in [2.24, 2.45) is 0 Å². The SMILES string of the molecule is Cc1ccc(C)c(NC(=O)CCc2nc(-c3cc4ccccc4[nH]c3=O)no2)c1. The maximum Gasteiger partial charge on any atom is 0.259 e.